The first-order valence-corrected chi connectivity index (χ1v) is 13.1. The molecule has 3 aromatic carbocycles. The molecular weight excluding hydrogens is 378 g/mol. The van der Waals surface area contributed by atoms with E-state index in [2.05, 4.69) is 88.5 Å². The highest BCUT2D eigenvalue weighted by Gasteiger charge is 2.21. The molecule has 4 rings (SSSR count). The SMILES string of the molecule is [2H]c1c([2H])[n+](C)c(-c2cc(-c3ccccc3)cc(C(C)C)c2C)c2ccc([Si](C)C)cc12. The van der Waals surface area contributed by atoms with Crippen LogP contribution >= 0.6 is 0 Å². The van der Waals surface area contributed by atoms with E-state index in [0.717, 1.165) is 22.0 Å². The molecule has 0 saturated carbocycles. The number of rotatable bonds is 4. The summed E-state index contributed by atoms with van der Waals surface area (Å²) in [6, 6.07) is 21.9. The van der Waals surface area contributed by atoms with E-state index in [4.69, 9.17) is 2.74 Å². The Morgan fingerprint density at radius 1 is 0.933 bits per heavy atom. The maximum absolute atomic E-state index is 8.70. The molecule has 0 amide bonds. The molecular formula is C28H31NSi+. The highest BCUT2D eigenvalue weighted by atomic mass is 28.3. The number of nitrogens with zero attached hydrogens (tertiary/aromatic N) is 1. The predicted octanol–water partition coefficient (Wildman–Crippen LogP) is 6.39. The van der Waals surface area contributed by atoms with Gasteiger partial charge in [0.15, 0.2) is 6.17 Å². The first kappa shape index (κ1) is 18.1. The Labute approximate surface area is 185 Å². The van der Waals surface area contributed by atoms with Gasteiger partial charge < -0.3 is 0 Å². The summed E-state index contributed by atoms with van der Waals surface area (Å²) in [6.45, 7) is 11.2. The van der Waals surface area contributed by atoms with E-state index in [-0.39, 0.29) is 6.17 Å². The van der Waals surface area contributed by atoms with Gasteiger partial charge in [0.25, 0.3) is 0 Å². The van der Waals surface area contributed by atoms with Crippen molar-refractivity contribution in [3.63, 3.8) is 0 Å². The maximum Gasteiger partial charge on any atom is 0.220 e. The van der Waals surface area contributed by atoms with Gasteiger partial charge in [-0.15, -0.1) is 0 Å². The van der Waals surface area contributed by atoms with Crippen molar-refractivity contribution < 1.29 is 7.31 Å². The van der Waals surface area contributed by atoms with Crippen LogP contribution in [0, 0.1) is 6.92 Å². The van der Waals surface area contributed by atoms with E-state index in [1.807, 2.05) is 17.7 Å². The van der Waals surface area contributed by atoms with Gasteiger partial charge >= 0.3 is 0 Å². The molecule has 1 heterocycles. The van der Waals surface area contributed by atoms with Crippen LogP contribution in [-0.4, -0.2) is 8.80 Å². The average molecular weight is 412 g/mol. The summed E-state index contributed by atoms with van der Waals surface area (Å²) in [5.74, 6) is 0.386. The van der Waals surface area contributed by atoms with Crippen LogP contribution < -0.4 is 9.75 Å². The summed E-state index contributed by atoms with van der Waals surface area (Å²) in [7, 11) is 1.28. The first-order valence-electron chi connectivity index (χ1n) is 11.6. The molecule has 0 saturated heterocycles. The van der Waals surface area contributed by atoms with Crippen LogP contribution in [-0.2, 0) is 7.05 Å². The van der Waals surface area contributed by atoms with E-state index in [9.17, 15) is 0 Å². The molecule has 0 aliphatic rings. The number of hydrogen-bond acceptors (Lipinski definition) is 0. The number of fused-ring (bicyclic) bond motifs is 1. The zero-order valence-electron chi connectivity index (χ0n) is 20.8. The van der Waals surface area contributed by atoms with Crippen LogP contribution in [0.3, 0.4) is 0 Å². The lowest BCUT2D eigenvalue weighted by atomic mass is 9.87. The summed E-state index contributed by atoms with van der Waals surface area (Å²) < 4.78 is 19.3. The lowest BCUT2D eigenvalue weighted by Gasteiger charge is -2.17. The molecule has 0 atom stereocenters. The Morgan fingerprint density at radius 2 is 1.67 bits per heavy atom. The lowest BCUT2D eigenvalue weighted by Crippen LogP contribution is -2.31. The fraction of sp³-hybridized carbons (Fsp3) is 0.250. The van der Waals surface area contributed by atoms with Crippen LogP contribution in [0.4, 0.5) is 0 Å². The van der Waals surface area contributed by atoms with E-state index in [0.29, 0.717) is 12.0 Å². The van der Waals surface area contributed by atoms with Crippen LogP contribution in [0.15, 0.2) is 72.9 Å². The number of benzene rings is 3. The van der Waals surface area contributed by atoms with Gasteiger partial charge in [0.05, 0.1) is 21.1 Å². The standard InChI is InChI=1S/C28H31NSi/c1-19(2)26-17-23(21-10-8-7-9-11-21)18-27(20(26)3)28-25-13-12-24(30(5)6)16-22(25)14-15-29(28)4/h7-19H,1-6H3/q+1/i14D,15D. The molecule has 1 nitrogen and oxygen atoms in total. The molecule has 0 aliphatic heterocycles. The van der Waals surface area contributed by atoms with E-state index in [1.165, 1.54) is 27.4 Å². The van der Waals surface area contributed by atoms with Crippen molar-refractivity contribution in [1.82, 2.24) is 0 Å². The normalized spacial score (nSPS) is 12.5. The van der Waals surface area contributed by atoms with Crippen molar-refractivity contribution in [2.45, 2.75) is 39.8 Å². The summed E-state index contributed by atoms with van der Waals surface area (Å²) in [5.41, 5.74) is 7.10. The fourth-order valence-corrected chi connectivity index (χ4v) is 5.10. The largest absolute Gasteiger partial charge is 0.220 e. The van der Waals surface area contributed by atoms with Crippen LogP contribution in [0.25, 0.3) is 33.2 Å². The molecule has 0 aliphatic carbocycles. The van der Waals surface area contributed by atoms with Gasteiger partial charge in [-0.05, 0) is 52.6 Å². The minimum absolute atomic E-state index is 0.251. The summed E-state index contributed by atoms with van der Waals surface area (Å²) in [5, 5.41) is 3.22. The number of pyridine rings is 1. The molecule has 2 heteroatoms. The van der Waals surface area contributed by atoms with Crippen molar-refractivity contribution in [3.05, 3.63) is 84.0 Å². The van der Waals surface area contributed by atoms with Gasteiger partial charge in [-0.1, -0.05) is 80.7 Å². The highest BCUT2D eigenvalue weighted by Crippen LogP contribution is 2.36. The van der Waals surface area contributed by atoms with Crippen LogP contribution in [0.1, 0.15) is 33.6 Å². The van der Waals surface area contributed by atoms with Gasteiger partial charge in [-0.3, -0.25) is 0 Å². The third kappa shape index (κ3) is 3.72. The summed E-state index contributed by atoms with van der Waals surface area (Å²) >= 11 is 0. The van der Waals surface area contributed by atoms with Crippen molar-refractivity contribution in [2.24, 2.45) is 7.05 Å². The Kier molecular flexibility index (Phi) is 4.94. The highest BCUT2D eigenvalue weighted by molar-refractivity contribution is 6.70. The number of hydrogen-bond donors (Lipinski definition) is 0. The zero-order valence-corrected chi connectivity index (χ0v) is 19.8. The minimum Gasteiger partial charge on any atom is -0.200 e. The average Bonchev–Trinajstić information content (AvgIpc) is 2.78. The van der Waals surface area contributed by atoms with Gasteiger partial charge in [0, 0.05) is 6.04 Å². The smallest absolute Gasteiger partial charge is 0.200 e. The predicted molar refractivity (Wildman–Crippen MR) is 132 cm³/mol. The van der Waals surface area contributed by atoms with Crippen molar-refractivity contribution in [2.75, 3.05) is 0 Å². The molecule has 0 bridgehead atoms. The van der Waals surface area contributed by atoms with Gasteiger partial charge in [0.1, 0.15) is 8.42 Å². The second kappa shape index (κ2) is 8.20. The van der Waals surface area contributed by atoms with E-state index >= 15 is 0 Å². The maximum atomic E-state index is 8.70. The van der Waals surface area contributed by atoms with Gasteiger partial charge in [0.2, 0.25) is 5.69 Å². The van der Waals surface area contributed by atoms with Crippen LogP contribution in [0.5, 0.6) is 0 Å². The van der Waals surface area contributed by atoms with E-state index < -0.39 is 8.80 Å². The Hall–Kier alpha value is -2.71. The third-order valence-electron chi connectivity index (χ3n) is 5.98. The second-order valence-electron chi connectivity index (χ2n) is 8.66. The minimum atomic E-state index is -0.638. The molecule has 1 aromatic heterocycles. The lowest BCUT2D eigenvalue weighted by molar-refractivity contribution is -0.659. The molecule has 151 valence electrons. The molecule has 1 radical (unpaired) electrons. The van der Waals surface area contributed by atoms with Crippen LogP contribution in [0.2, 0.25) is 13.1 Å². The Balaban J connectivity index is 2.11. The fourth-order valence-electron chi connectivity index (χ4n) is 4.25. The molecule has 30 heavy (non-hydrogen) atoms. The van der Waals surface area contributed by atoms with Crippen molar-refractivity contribution >= 4 is 24.8 Å². The Morgan fingerprint density at radius 3 is 2.33 bits per heavy atom. The molecule has 0 N–H and O–H groups in total. The quantitative estimate of drug-likeness (QED) is 0.270. The molecule has 0 spiro atoms. The zero-order chi connectivity index (χ0) is 23.2. The topological polar surface area (TPSA) is 3.88 Å². The van der Waals surface area contributed by atoms with Gasteiger partial charge in [-0.25, -0.2) is 4.57 Å². The Bertz CT molecular complexity index is 1310. The number of aromatic nitrogens is 1. The molecule has 0 fully saturated rings. The third-order valence-corrected chi connectivity index (χ3v) is 7.44. The monoisotopic (exact) mass is 411 g/mol. The van der Waals surface area contributed by atoms with Gasteiger partial charge in [-0.2, -0.15) is 0 Å². The molecule has 0 unspecified atom stereocenters. The van der Waals surface area contributed by atoms with Crippen molar-refractivity contribution in [1.29, 1.82) is 0 Å². The second-order valence-corrected chi connectivity index (χ2v) is 11.2. The first-order chi connectivity index (χ1) is 15.2. The van der Waals surface area contributed by atoms with E-state index in [1.54, 1.807) is 0 Å². The summed E-state index contributed by atoms with van der Waals surface area (Å²) in [6.07, 6.45) is 0.251. The van der Waals surface area contributed by atoms with Crippen molar-refractivity contribution in [3.8, 4) is 22.4 Å². The molecule has 4 aromatic rings. The summed E-state index contributed by atoms with van der Waals surface area (Å²) in [4.78, 5) is 0.